The molecule has 1 aromatic carbocycles. The number of aryl methyl sites for hydroxylation is 2. The van der Waals surface area contributed by atoms with Crippen molar-refractivity contribution >= 4 is 28.9 Å². The van der Waals surface area contributed by atoms with Crippen LogP contribution in [-0.2, 0) is 6.54 Å². The molecule has 0 aliphatic rings. The minimum absolute atomic E-state index is 0.0363. The summed E-state index contributed by atoms with van der Waals surface area (Å²) in [6.07, 6.45) is 0. The first-order valence-corrected chi connectivity index (χ1v) is 7.55. The molecule has 0 radical (unpaired) electrons. The lowest BCUT2D eigenvalue weighted by Gasteiger charge is -2.18. The molecule has 0 spiro atoms. The van der Waals surface area contributed by atoms with Crippen LogP contribution in [0.25, 0.3) is 0 Å². The van der Waals surface area contributed by atoms with E-state index >= 15 is 0 Å². The van der Waals surface area contributed by atoms with Crippen molar-refractivity contribution in [1.29, 1.82) is 0 Å². The third-order valence-electron chi connectivity index (χ3n) is 3.54. The van der Waals surface area contributed by atoms with Crippen LogP contribution in [0.3, 0.4) is 0 Å². The summed E-state index contributed by atoms with van der Waals surface area (Å²) in [5.41, 5.74) is 3.71. The Morgan fingerprint density at radius 2 is 1.86 bits per heavy atom. The van der Waals surface area contributed by atoms with Gasteiger partial charge in [0.2, 0.25) is 0 Å². The van der Waals surface area contributed by atoms with Crippen molar-refractivity contribution in [2.75, 3.05) is 5.32 Å². The summed E-state index contributed by atoms with van der Waals surface area (Å²) >= 11 is 12.1. The zero-order chi connectivity index (χ0) is 15.7. The molecule has 0 amide bonds. The molecular weight excluding hydrogens is 312 g/mol. The predicted molar refractivity (Wildman–Crippen MR) is 85.8 cm³/mol. The van der Waals surface area contributed by atoms with Gasteiger partial charge in [-0.1, -0.05) is 23.2 Å². The molecule has 1 atom stereocenters. The third kappa shape index (κ3) is 3.16. The average Bonchev–Trinajstić information content (AvgIpc) is 2.68. The van der Waals surface area contributed by atoms with Crippen LogP contribution in [0.15, 0.2) is 12.1 Å². The van der Waals surface area contributed by atoms with Crippen molar-refractivity contribution in [3.05, 3.63) is 44.9 Å². The summed E-state index contributed by atoms with van der Waals surface area (Å²) in [5.74, 6) is -0.450. The molecule has 0 bridgehead atoms. The van der Waals surface area contributed by atoms with Gasteiger partial charge in [-0.2, -0.15) is 5.10 Å². The number of hydrogen-bond donors (Lipinski definition) is 1. The molecule has 1 heterocycles. The van der Waals surface area contributed by atoms with Gasteiger partial charge in [0.25, 0.3) is 0 Å². The van der Waals surface area contributed by atoms with Gasteiger partial charge in [-0.15, -0.1) is 0 Å². The molecule has 0 fully saturated rings. The lowest BCUT2D eigenvalue weighted by molar-refractivity contribution is 0.628. The molecule has 0 saturated heterocycles. The predicted octanol–water partition coefficient (Wildman–Crippen LogP) is 5.14. The highest BCUT2D eigenvalue weighted by molar-refractivity contribution is 6.39. The van der Waals surface area contributed by atoms with Crippen LogP contribution in [0.2, 0.25) is 10.0 Å². The summed E-state index contributed by atoms with van der Waals surface area (Å²) in [6, 6.07) is 2.46. The van der Waals surface area contributed by atoms with E-state index in [-0.39, 0.29) is 16.1 Å². The summed E-state index contributed by atoms with van der Waals surface area (Å²) in [5, 5.41) is 8.30. The largest absolute Gasteiger partial charge is 0.376 e. The molecular formula is C15H18Cl2FN3. The highest BCUT2D eigenvalue weighted by atomic mass is 35.5. The fourth-order valence-corrected chi connectivity index (χ4v) is 3.18. The number of nitrogens with zero attached hydrogens (tertiary/aromatic N) is 2. The van der Waals surface area contributed by atoms with Crippen molar-refractivity contribution in [2.24, 2.45) is 0 Å². The smallest absolute Gasteiger partial charge is 0.126 e. The van der Waals surface area contributed by atoms with Gasteiger partial charge in [-0.25, -0.2) is 4.39 Å². The molecule has 114 valence electrons. The van der Waals surface area contributed by atoms with Crippen molar-refractivity contribution < 1.29 is 4.39 Å². The minimum Gasteiger partial charge on any atom is -0.376 e. The Hall–Kier alpha value is -1.26. The van der Waals surface area contributed by atoms with E-state index in [1.807, 2.05) is 25.5 Å². The monoisotopic (exact) mass is 329 g/mol. The Morgan fingerprint density at radius 1 is 1.29 bits per heavy atom. The van der Waals surface area contributed by atoms with Gasteiger partial charge in [-0.05, 0) is 39.8 Å². The number of aromatic nitrogens is 2. The second-order valence-electron chi connectivity index (χ2n) is 5.01. The van der Waals surface area contributed by atoms with Gasteiger partial charge in [0, 0.05) is 17.8 Å². The first-order valence-electron chi connectivity index (χ1n) is 6.80. The quantitative estimate of drug-likeness (QED) is 0.841. The molecule has 2 rings (SSSR count). The molecule has 3 nitrogen and oxygen atoms in total. The molecule has 0 aliphatic carbocycles. The lowest BCUT2D eigenvalue weighted by atomic mass is 10.1. The van der Waals surface area contributed by atoms with E-state index in [9.17, 15) is 4.39 Å². The molecule has 21 heavy (non-hydrogen) atoms. The summed E-state index contributed by atoms with van der Waals surface area (Å²) in [6.45, 7) is 8.88. The Bertz CT molecular complexity index is 644. The van der Waals surface area contributed by atoms with Crippen LogP contribution in [0, 0.1) is 19.7 Å². The SMILES string of the molecule is CCn1nc(C)c(C(C)Nc2c(Cl)cc(F)cc2Cl)c1C. The fourth-order valence-electron chi connectivity index (χ4n) is 2.61. The van der Waals surface area contributed by atoms with Crippen molar-refractivity contribution in [3.63, 3.8) is 0 Å². The normalized spacial score (nSPS) is 12.5. The van der Waals surface area contributed by atoms with Crippen LogP contribution in [0.4, 0.5) is 10.1 Å². The zero-order valence-electron chi connectivity index (χ0n) is 12.5. The molecule has 6 heteroatoms. The highest BCUT2D eigenvalue weighted by Gasteiger charge is 2.19. The summed E-state index contributed by atoms with van der Waals surface area (Å²) in [7, 11) is 0. The Balaban J connectivity index is 2.35. The second-order valence-corrected chi connectivity index (χ2v) is 5.83. The van der Waals surface area contributed by atoms with Gasteiger partial charge < -0.3 is 5.32 Å². The van der Waals surface area contributed by atoms with Gasteiger partial charge in [0.05, 0.1) is 27.5 Å². The number of nitrogens with one attached hydrogen (secondary N) is 1. The maximum atomic E-state index is 13.2. The van der Waals surface area contributed by atoms with Crippen LogP contribution in [0.1, 0.15) is 36.8 Å². The van der Waals surface area contributed by atoms with E-state index in [4.69, 9.17) is 23.2 Å². The van der Waals surface area contributed by atoms with Crippen LogP contribution < -0.4 is 5.32 Å². The number of anilines is 1. The van der Waals surface area contributed by atoms with E-state index in [2.05, 4.69) is 17.3 Å². The van der Waals surface area contributed by atoms with Crippen LogP contribution in [-0.4, -0.2) is 9.78 Å². The van der Waals surface area contributed by atoms with Gasteiger partial charge in [0.15, 0.2) is 0 Å². The fraction of sp³-hybridized carbons (Fsp3) is 0.400. The molecule has 0 aliphatic heterocycles. The van der Waals surface area contributed by atoms with Gasteiger partial charge in [-0.3, -0.25) is 4.68 Å². The number of benzene rings is 1. The van der Waals surface area contributed by atoms with Crippen LogP contribution in [0.5, 0.6) is 0 Å². The molecule has 2 aromatic rings. The Morgan fingerprint density at radius 3 is 2.33 bits per heavy atom. The van der Waals surface area contributed by atoms with Crippen molar-refractivity contribution in [2.45, 2.75) is 40.3 Å². The van der Waals surface area contributed by atoms with Gasteiger partial charge >= 0.3 is 0 Å². The number of rotatable bonds is 4. The molecule has 1 unspecified atom stereocenters. The minimum atomic E-state index is -0.450. The average molecular weight is 330 g/mol. The summed E-state index contributed by atoms with van der Waals surface area (Å²) < 4.78 is 15.2. The molecule has 1 aromatic heterocycles. The topological polar surface area (TPSA) is 29.9 Å². The van der Waals surface area contributed by atoms with Crippen molar-refractivity contribution in [3.8, 4) is 0 Å². The van der Waals surface area contributed by atoms with Crippen LogP contribution >= 0.6 is 23.2 Å². The third-order valence-corrected chi connectivity index (χ3v) is 4.13. The maximum absolute atomic E-state index is 13.2. The molecule has 1 N–H and O–H groups in total. The van der Waals surface area contributed by atoms with E-state index in [0.717, 1.165) is 23.5 Å². The Labute approximate surface area is 134 Å². The standard InChI is InChI=1S/C15H18Cl2FN3/c1-5-21-10(4)14(9(3)20-21)8(2)19-15-12(16)6-11(18)7-13(15)17/h6-8,19H,5H2,1-4H3. The van der Waals surface area contributed by atoms with E-state index in [1.165, 1.54) is 12.1 Å². The van der Waals surface area contributed by atoms with E-state index in [0.29, 0.717) is 5.69 Å². The number of hydrogen-bond acceptors (Lipinski definition) is 2. The molecule has 0 saturated carbocycles. The number of halogens is 3. The van der Waals surface area contributed by atoms with Crippen molar-refractivity contribution in [1.82, 2.24) is 9.78 Å². The lowest BCUT2D eigenvalue weighted by Crippen LogP contribution is -2.10. The summed E-state index contributed by atoms with van der Waals surface area (Å²) in [4.78, 5) is 0. The first-order chi connectivity index (χ1) is 9.85. The van der Waals surface area contributed by atoms with Gasteiger partial charge in [0.1, 0.15) is 5.82 Å². The first kappa shape index (κ1) is 16.1. The zero-order valence-corrected chi connectivity index (χ0v) is 14.0. The van der Waals surface area contributed by atoms with E-state index in [1.54, 1.807) is 0 Å². The maximum Gasteiger partial charge on any atom is 0.126 e. The Kier molecular flexibility index (Phi) is 4.79. The van der Waals surface area contributed by atoms with E-state index < -0.39 is 5.82 Å². The second kappa shape index (κ2) is 6.24. The highest BCUT2D eigenvalue weighted by Crippen LogP contribution is 2.35.